The first kappa shape index (κ1) is 12.4. The zero-order valence-electron chi connectivity index (χ0n) is 10.6. The van der Waals surface area contributed by atoms with Crippen molar-refractivity contribution in [2.75, 3.05) is 7.11 Å². The zero-order valence-corrected chi connectivity index (χ0v) is 10.6. The lowest BCUT2D eigenvalue weighted by Gasteiger charge is -2.20. The van der Waals surface area contributed by atoms with E-state index in [-0.39, 0.29) is 5.78 Å². The Morgan fingerprint density at radius 3 is 2.56 bits per heavy atom. The Bertz CT molecular complexity index is 546. The minimum Gasteiger partial charge on any atom is -0.371 e. The molecule has 94 valence electrons. The van der Waals surface area contributed by atoms with Crippen molar-refractivity contribution in [2.45, 2.75) is 19.4 Å². The van der Waals surface area contributed by atoms with Crippen LogP contribution in [-0.4, -0.2) is 33.5 Å². The zero-order chi connectivity index (χ0) is 13.2. The van der Waals surface area contributed by atoms with Crippen molar-refractivity contribution in [3.8, 4) is 5.69 Å². The summed E-state index contributed by atoms with van der Waals surface area (Å²) >= 11 is 0. The van der Waals surface area contributed by atoms with Gasteiger partial charge in [0.1, 0.15) is 11.3 Å². The molecule has 1 aromatic carbocycles. The SMILES string of the molecule is COC(C)(C)C(=O)c1cnnn1-c1ccccc1. The van der Waals surface area contributed by atoms with E-state index in [0.717, 1.165) is 5.69 Å². The molecule has 1 heterocycles. The second-order valence-electron chi connectivity index (χ2n) is 4.41. The Morgan fingerprint density at radius 1 is 1.28 bits per heavy atom. The Morgan fingerprint density at radius 2 is 1.94 bits per heavy atom. The van der Waals surface area contributed by atoms with Crippen LogP contribution in [0.1, 0.15) is 24.3 Å². The predicted octanol–water partition coefficient (Wildman–Crippen LogP) is 1.88. The third kappa shape index (κ3) is 2.17. The minimum atomic E-state index is -0.895. The van der Waals surface area contributed by atoms with Crippen molar-refractivity contribution < 1.29 is 9.53 Å². The molecule has 0 aliphatic rings. The average Bonchev–Trinajstić information content (AvgIpc) is 2.87. The van der Waals surface area contributed by atoms with Gasteiger partial charge in [0.15, 0.2) is 0 Å². The van der Waals surface area contributed by atoms with E-state index in [2.05, 4.69) is 10.3 Å². The van der Waals surface area contributed by atoms with Crippen LogP contribution in [0.4, 0.5) is 0 Å². The van der Waals surface area contributed by atoms with E-state index in [0.29, 0.717) is 5.69 Å². The molecule has 0 bridgehead atoms. The number of methoxy groups -OCH3 is 1. The number of hydrogen-bond acceptors (Lipinski definition) is 4. The van der Waals surface area contributed by atoms with Gasteiger partial charge in [-0.3, -0.25) is 4.79 Å². The third-order valence-electron chi connectivity index (χ3n) is 2.84. The van der Waals surface area contributed by atoms with Crippen molar-refractivity contribution in [2.24, 2.45) is 0 Å². The molecule has 0 fully saturated rings. The van der Waals surface area contributed by atoms with Gasteiger partial charge in [-0.25, -0.2) is 4.68 Å². The smallest absolute Gasteiger partial charge is 0.214 e. The fourth-order valence-electron chi connectivity index (χ4n) is 1.55. The molecule has 0 spiro atoms. The van der Waals surface area contributed by atoms with Gasteiger partial charge in [-0.1, -0.05) is 23.4 Å². The topological polar surface area (TPSA) is 57.0 Å². The van der Waals surface area contributed by atoms with E-state index in [1.54, 1.807) is 13.8 Å². The number of aromatic nitrogens is 3. The molecule has 0 atom stereocenters. The molecule has 18 heavy (non-hydrogen) atoms. The number of carbonyl (C=O) groups is 1. The number of nitrogens with zero attached hydrogens (tertiary/aromatic N) is 3. The summed E-state index contributed by atoms with van der Waals surface area (Å²) in [6.07, 6.45) is 1.45. The number of rotatable bonds is 4. The summed E-state index contributed by atoms with van der Waals surface area (Å²) in [5.74, 6) is -0.154. The van der Waals surface area contributed by atoms with E-state index in [1.165, 1.54) is 18.0 Å². The maximum atomic E-state index is 12.3. The van der Waals surface area contributed by atoms with Crippen LogP contribution >= 0.6 is 0 Å². The number of benzene rings is 1. The number of ether oxygens (including phenoxy) is 1. The molecule has 2 rings (SSSR count). The standard InChI is InChI=1S/C13H15N3O2/c1-13(2,18-3)12(17)11-9-14-15-16(11)10-7-5-4-6-8-10/h4-9H,1-3H3. The van der Waals surface area contributed by atoms with Crippen LogP contribution in [0.3, 0.4) is 0 Å². The number of carbonyl (C=O) groups excluding carboxylic acids is 1. The van der Waals surface area contributed by atoms with Gasteiger partial charge >= 0.3 is 0 Å². The van der Waals surface area contributed by atoms with Crippen LogP contribution in [0.15, 0.2) is 36.5 Å². The van der Waals surface area contributed by atoms with Gasteiger partial charge in [-0.2, -0.15) is 0 Å². The lowest BCUT2D eigenvalue weighted by atomic mass is 10.0. The lowest BCUT2D eigenvalue weighted by molar-refractivity contribution is 0.0221. The molecule has 0 saturated carbocycles. The monoisotopic (exact) mass is 245 g/mol. The fourth-order valence-corrected chi connectivity index (χ4v) is 1.55. The average molecular weight is 245 g/mol. The van der Waals surface area contributed by atoms with Crippen molar-refractivity contribution in [1.82, 2.24) is 15.0 Å². The normalized spacial score (nSPS) is 11.5. The van der Waals surface area contributed by atoms with Crippen LogP contribution in [0, 0.1) is 0 Å². The molecule has 0 aliphatic carbocycles. The summed E-state index contributed by atoms with van der Waals surface area (Å²) in [5.41, 5.74) is 0.312. The molecule has 5 nitrogen and oxygen atoms in total. The van der Waals surface area contributed by atoms with Crippen molar-refractivity contribution in [3.63, 3.8) is 0 Å². The molecule has 0 amide bonds. The summed E-state index contributed by atoms with van der Waals surface area (Å²) in [6, 6.07) is 9.40. The fraction of sp³-hybridized carbons (Fsp3) is 0.308. The molecular formula is C13H15N3O2. The summed E-state index contributed by atoms with van der Waals surface area (Å²) in [7, 11) is 1.51. The molecule has 0 radical (unpaired) electrons. The summed E-state index contributed by atoms with van der Waals surface area (Å²) in [6.45, 7) is 3.44. The van der Waals surface area contributed by atoms with Gasteiger partial charge in [-0.15, -0.1) is 5.10 Å². The molecule has 0 saturated heterocycles. The molecular weight excluding hydrogens is 230 g/mol. The molecule has 0 N–H and O–H groups in total. The van der Waals surface area contributed by atoms with Crippen molar-refractivity contribution in [1.29, 1.82) is 0 Å². The maximum Gasteiger partial charge on any atom is 0.214 e. The highest BCUT2D eigenvalue weighted by Crippen LogP contribution is 2.17. The van der Waals surface area contributed by atoms with E-state index in [1.807, 2.05) is 30.3 Å². The molecule has 2 aromatic rings. The van der Waals surface area contributed by atoms with Gasteiger partial charge in [0.2, 0.25) is 5.78 Å². The summed E-state index contributed by atoms with van der Waals surface area (Å²) < 4.78 is 6.71. The van der Waals surface area contributed by atoms with E-state index >= 15 is 0 Å². The van der Waals surface area contributed by atoms with E-state index in [9.17, 15) is 4.79 Å². The first-order valence-electron chi connectivity index (χ1n) is 5.62. The highest BCUT2D eigenvalue weighted by atomic mass is 16.5. The van der Waals surface area contributed by atoms with Crippen LogP contribution in [0.25, 0.3) is 5.69 Å². The second kappa shape index (κ2) is 4.70. The first-order valence-corrected chi connectivity index (χ1v) is 5.62. The third-order valence-corrected chi connectivity index (χ3v) is 2.84. The maximum absolute atomic E-state index is 12.3. The van der Waals surface area contributed by atoms with E-state index < -0.39 is 5.60 Å². The van der Waals surface area contributed by atoms with Gasteiger partial charge in [0, 0.05) is 7.11 Å². The van der Waals surface area contributed by atoms with Crippen molar-refractivity contribution >= 4 is 5.78 Å². The Balaban J connectivity index is 2.44. The lowest BCUT2D eigenvalue weighted by Crippen LogP contribution is -2.35. The predicted molar refractivity (Wildman–Crippen MR) is 66.8 cm³/mol. The number of hydrogen-bond donors (Lipinski definition) is 0. The summed E-state index contributed by atoms with van der Waals surface area (Å²) in [4.78, 5) is 12.3. The van der Waals surface area contributed by atoms with Crippen LogP contribution in [0.5, 0.6) is 0 Å². The highest BCUT2D eigenvalue weighted by molar-refractivity contribution is 6.00. The number of para-hydroxylation sites is 1. The van der Waals surface area contributed by atoms with E-state index in [4.69, 9.17) is 4.74 Å². The van der Waals surface area contributed by atoms with Gasteiger partial charge in [-0.05, 0) is 26.0 Å². The number of ketones is 1. The van der Waals surface area contributed by atoms with Crippen LogP contribution in [0.2, 0.25) is 0 Å². The second-order valence-corrected chi connectivity index (χ2v) is 4.41. The number of Topliss-reactive ketones (excluding diaryl/α,β-unsaturated/α-hetero) is 1. The Labute approximate surface area is 105 Å². The van der Waals surface area contributed by atoms with Gasteiger partial charge < -0.3 is 4.74 Å². The minimum absolute atomic E-state index is 0.154. The Hall–Kier alpha value is -2.01. The summed E-state index contributed by atoms with van der Waals surface area (Å²) in [5, 5.41) is 7.75. The Kier molecular flexibility index (Phi) is 3.25. The van der Waals surface area contributed by atoms with Crippen LogP contribution in [-0.2, 0) is 4.74 Å². The van der Waals surface area contributed by atoms with Gasteiger partial charge in [0.05, 0.1) is 11.9 Å². The molecule has 0 unspecified atom stereocenters. The largest absolute Gasteiger partial charge is 0.371 e. The quantitative estimate of drug-likeness (QED) is 0.772. The van der Waals surface area contributed by atoms with Gasteiger partial charge in [0.25, 0.3) is 0 Å². The first-order chi connectivity index (χ1) is 8.56. The molecule has 1 aromatic heterocycles. The molecule has 0 aliphatic heterocycles. The molecule has 5 heteroatoms. The van der Waals surface area contributed by atoms with Crippen molar-refractivity contribution in [3.05, 3.63) is 42.2 Å². The van der Waals surface area contributed by atoms with Crippen LogP contribution < -0.4 is 0 Å². The highest BCUT2D eigenvalue weighted by Gasteiger charge is 2.31.